The van der Waals surface area contributed by atoms with Gasteiger partial charge in [-0.15, -0.1) is 0 Å². The van der Waals surface area contributed by atoms with Gasteiger partial charge in [0.05, 0.1) is 17.7 Å². The maximum Gasteiger partial charge on any atom is 0.264 e. The Hall–Kier alpha value is -3.56. The van der Waals surface area contributed by atoms with Gasteiger partial charge in [-0.05, 0) is 48.7 Å². The number of methoxy groups -OCH3 is 1. The average Bonchev–Trinajstić information content (AvgIpc) is 2.97. The molecule has 0 spiro atoms. The molecule has 0 saturated heterocycles. The van der Waals surface area contributed by atoms with Crippen LogP contribution in [0.25, 0.3) is 0 Å². The predicted molar refractivity (Wildman–Crippen MR) is 158 cm³/mol. The molecule has 0 radical (unpaired) electrons. The number of para-hydroxylation sites is 2. The molecule has 0 bridgehead atoms. The van der Waals surface area contributed by atoms with Crippen LogP contribution in [-0.2, 0) is 26.2 Å². The molecule has 2 amide bonds. The minimum atomic E-state index is -4.19. The maximum atomic E-state index is 14.1. The van der Waals surface area contributed by atoms with Crippen LogP contribution in [0.1, 0.15) is 38.7 Å². The number of carbonyl (C=O) groups excluding carboxylic acids is 2. The van der Waals surface area contributed by atoms with E-state index in [1.807, 2.05) is 13.8 Å². The number of sulfonamides is 1. The fourth-order valence-corrected chi connectivity index (χ4v) is 5.95. The molecule has 1 atom stereocenters. The van der Waals surface area contributed by atoms with Crippen molar-refractivity contribution in [1.29, 1.82) is 0 Å². The number of benzene rings is 3. The van der Waals surface area contributed by atoms with Gasteiger partial charge in [-0.1, -0.05) is 80.4 Å². The van der Waals surface area contributed by atoms with E-state index in [9.17, 15) is 18.0 Å². The van der Waals surface area contributed by atoms with Crippen molar-refractivity contribution in [2.24, 2.45) is 0 Å². The first-order valence-electron chi connectivity index (χ1n) is 13.3. The zero-order valence-corrected chi connectivity index (χ0v) is 24.6. The number of halogens is 1. The highest BCUT2D eigenvalue weighted by Crippen LogP contribution is 2.32. The van der Waals surface area contributed by atoms with Gasteiger partial charge in [-0.25, -0.2) is 8.42 Å². The second-order valence-electron chi connectivity index (χ2n) is 9.18. The summed E-state index contributed by atoms with van der Waals surface area (Å²) >= 11 is 6.44. The fraction of sp³-hybridized carbons (Fsp3) is 0.333. The number of amides is 2. The van der Waals surface area contributed by atoms with Crippen molar-refractivity contribution < 1.29 is 22.7 Å². The van der Waals surface area contributed by atoms with E-state index in [-0.39, 0.29) is 28.8 Å². The van der Waals surface area contributed by atoms with Crippen LogP contribution in [0.3, 0.4) is 0 Å². The Morgan fingerprint density at radius 2 is 1.60 bits per heavy atom. The van der Waals surface area contributed by atoms with Gasteiger partial charge in [-0.2, -0.15) is 0 Å². The molecule has 1 N–H and O–H groups in total. The number of carbonyl (C=O) groups is 2. The van der Waals surface area contributed by atoms with E-state index in [1.165, 1.54) is 24.1 Å². The molecule has 0 saturated carbocycles. The van der Waals surface area contributed by atoms with Crippen molar-refractivity contribution in [3.05, 3.63) is 89.4 Å². The SMILES string of the molecule is CCCCNC(=O)[C@H](CC)N(Cc1ccccc1Cl)C(=O)CN(c1ccccc1OC)S(=O)(=O)c1ccccc1. The summed E-state index contributed by atoms with van der Waals surface area (Å²) in [5.41, 5.74) is 0.854. The number of hydrogen-bond acceptors (Lipinski definition) is 5. The minimum absolute atomic E-state index is 0.0238. The summed E-state index contributed by atoms with van der Waals surface area (Å²) in [5, 5.41) is 3.36. The van der Waals surface area contributed by atoms with Crippen molar-refractivity contribution in [2.75, 3.05) is 24.5 Å². The van der Waals surface area contributed by atoms with Gasteiger partial charge in [0.2, 0.25) is 11.8 Å². The van der Waals surface area contributed by atoms with Crippen LogP contribution in [0.4, 0.5) is 5.69 Å². The maximum absolute atomic E-state index is 14.1. The van der Waals surface area contributed by atoms with Crippen LogP contribution >= 0.6 is 11.6 Å². The molecule has 40 heavy (non-hydrogen) atoms. The molecule has 0 aromatic heterocycles. The van der Waals surface area contributed by atoms with Gasteiger partial charge in [0, 0.05) is 18.1 Å². The first-order valence-corrected chi connectivity index (χ1v) is 15.1. The van der Waals surface area contributed by atoms with E-state index in [4.69, 9.17) is 16.3 Å². The molecule has 3 aromatic rings. The molecule has 0 heterocycles. The Bertz CT molecular complexity index is 1380. The first kappa shape index (κ1) is 31.0. The molecule has 10 heteroatoms. The van der Waals surface area contributed by atoms with E-state index in [1.54, 1.807) is 66.7 Å². The van der Waals surface area contributed by atoms with E-state index in [2.05, 4.69) is 5.32 Å². The highest BCUT2D eigenvalue weighted by molar-refractivity contribution is 7.92. The van der Waals surface area contributed by atoms with E-state index < -0.39 is 28.5 Å². The quantitative estimate of drug-likeness (QED) is 0.260. The van der Waals surface area contributed by atoms with Gasteiger partial charge in [0.1, 0.15) is 18.3 Å². The lowest BCUT2D eigenvalue weighted by atomic mass is 10.1. The topological polar surface area (TPSA) is 96.0 Å². The largest absolute Gasteiger partial charge is 0.495 e. The van der Waals surface area contributed by atoms with Crippen molar-refractivity contribution in [2.45, 2.75) is 50.6 Å². The number of nitrogens with zero attached hydrogens (tertiary/aromatic N) is 2. The van der Waals surface area contributed by atoms with Crippen molar-refractivity contribution in [1.82, 2.24) is 10.2 Å². The first-order chi connectivity index (χ1) is 19.2. The van der Waals surface area contributed by atoms with Crippen LogP contribution in [0.5, 0.6) is 5.75 Å². The Labute approximate surface area is 241 Å². The monoisotopic (exact) mass is 585 g/mol. The van der Waals surface area contributed by atoms with Crippen molar-refractivity contribution in [3.63, 3.8) is 0 Å². The number of unbranched alkanes of at least 4 members (excludes halogenated alkanes) is 1. The Kier molecular flexibility index (Phi) is 11.4. The summed E-state index contributed by atoms with van der Waals surface area (Å²) in [6.07, 6.45) is 2.04. The van der Waals surface area contributed by atoms with Crippen molar-refractivity contribution >= 4 is 39.1 Å². The highest BCUT2D eigenvalue weighted by atomic mass is 35.5. The Morgan fingerprint density at radius 3 is 2.25 bits per heavy atom. The highest BCUT2D eigenvalue weighted by Gasteiger charge is 2.34. The van der Waals surface area contributed by atoms with Crippen LogP contribution in [-0.4, -0.2) is 51.4 Å². The summed E-state index contributed by atoms with van der Waals surface area (Å²) in [6, 6.07) is 20.7. The number of nitrogens with one attached hydrogen (secondary N) is 1. The Balaban J connectivity index is 2.07. The predicted octanol–water partition coefficient (Wildman–Crippen LogP) is 5.27. The standard InChI is InChI=1S/C30H36ClN3O5S/c1-4-6-20-32-30(36)26(5-2)33(21-23-14-10-11-17-25(23)31)29(35)22-34(27-18-12-13-19-28(27)39-3)40(37,38)24-15-8-7-9-16-24/h7-19,26H,4-6,20-22H2,1-3H3,(H,32,36)/t26-/m0/s1. The molecule has 0 aliphatic carbocycles. The molecular formula is C30H36ClN3O5S. The molecule has 3 aromatic carbocycles. The summed E-state index contributed by atoms with van der Waals surface area (Å²) in [7, 11) is -2.75. The van der Waals surface area contributed by atoms with Gasteiger partial charge in [0.15, 0.2) is 0 Å². The molecule has 0 aliphatic rings. The average molecular weight is 586 g/mol. The van der Waals surface area contributed by atoms with Crippen molar-refractivity contribution in [3.8, 4) is 5.75 Å². The summed E-state index contributed by atoms with van der Waals surface area (Å²) in [4.78, 5) is 28.8. The third-order valence-electron chi connectivity index (χ3n) is 6.48. The normalized spacial score (nSPS) is 11.9. The minimum Gasteiger partial charge on any atom is -0.495 e. The number of anilines is 1. The Morgan fingerprint density at radius 1 is 0.950 bits per heavy atom. The molecule has 0 unspecified atom stereocenters. The van der Waals surface area contributed by atoms with Crippen LogP contribution < -0.4 is 14.4 Å². The van der Waals surface area contributed by atoms with Crippen LogP contribution in [0.15, 0.2) is 83.8 Å². The lowest BCUT2D eigenvalue weighted by Crippen LogP contribution is -2.52. The lowest BCUT2D eigenvalue weighted by Gasteiger charge is -2.33. The molecule has 214 valence electrons. The molecular weight excluding hydrogens is 550 g/mol. The summed E-state index contributed by atoms with van der Waals surface area (Å²) in [6.45, 7) is 3.80. The third kappa shape index (κ3) is 7.55. The van der Waals surface area contributed by atoms with E-state index in [0.29, 0.717) is 23.6 Å². The van der Waals surface area contributed by atoms with E-state index in [0.717, 1.165) is 17.1 Å². The molecule has 3 rings (SSSR count). The summed E-state index contributed by atoms with van der Waals surface area (Å²) < 4.78 is 34.3. The second-order valence-corrected chi connectivity index (χ2v) is 11.4. The van der Waals surface area contributed by atoms with Gasteiger partial charge < -0.3 is 15.0 Å². The lowest BCUT2D eigenvalue weighted by molar-refractivity contribution is -0.140. The van der Waals surface area contributed by atoms with Crippen LogP contribution in [0.2, 0.25) is 5.02 Å². The summed E-state index contributed by atoms with van der Waals surface area (Å²) in [5.74, 6) is -0.564. The second kappa shape index (κ2) is 14.7. The van der Waals surface area contributed by atoms with E-state index >= 15 is 0 Å². The zero-order chi connectivity index (χ0) is 29.1. The van der Waals surface area contributed by atoms with Gasteiger partial charge in [0.25, 0.3) is 10.0 Å². The molecule has 0 fully saturated rings. The molecule has 0 aliphatic heterocycles. The fourth-order valence-electron chi connectivity index (χ4n) is 4.30. The third-order valence-corrected chi connectivity index (χ3v) is 8.62. The smallest absolute Gasteiger partial charge is 0.264 e. The van der Waals surface area contributed by atoms with Gasteiger partial charge >= 0.3 is 0 Å². The zero-order valence-electron chi connectivity index (χ0n) is 23.0. The number of ether oxygens (including phenoxy) is 1. The van der Waals surface area contributed by atoms with Crippen LogP contribution in [0, 0.1) is 0 Å². The molecule has 8 nitrogen and oxygen atoms in total. The van der Waals surface area contributed by atoms with Gasteiger partial charge in [-0.3, -0.25) is 13.9 Å². The number of rotatable bonds is 14. The number of hydrogen-bond donors (Lipinski definition) is 1.